The Kier molecular flexibility index (Phi) is 13.3. The van der Waals surface area contributed by atoms with Gasteiger partial charge in [-0.2, -0.15) is 0 Å². The van der Waals surface area contributed by atoms with Crippen molar-refractivity contribution >= 4 is 42.6 Å². The quantitative estimate of drug-likeness (QED) is 0.120. The lowest BCUT2D eigenvalue weighted by Crippen LogP contribution is -2.67. The fourth-order valence-electron chi connectivity index (χ4n) is 7.18. The van der Waals surface area contributed by atoms with Crippen LogP contribution in [0, 0.1) is 6.92 Å². The lowest BCUT2D eigenvalue weighted by atomic mass is 9.97. The van der Waals surface area contributed by atoms with Crippen molar-refractivity contribution in [2.24, 2.45) is 0 Å². The number of nitrogens with zero attached hydrogens (tertiary/aromatic N) is 2. The Labute approximate surface area is 340 Å². The van der Waals surface area contributed by atoms with Gasteiger partial charge in [-0.25, -0.2) is 14.6 Å². The summed E-state index contributed by atoms with van der Waals surface area (Å²) < 4.78 is 29.5. The molecule has 2 heterocycles. The van der Waals surface area contributed by atoms with Crippen molar-refractivity contribution in [2.45, 2.75) is 96.5 Å². The first-order valence-corrected chi connectivity index (χ1v) is 21.0. The molecule has 0 aliphatic carbocycles. The van der Waals surface area contributed by atoms with Crippen LogP contribution in [0.2, 0.25) is 5.04 Å². The summed E-state index contributed by atoms with van der Waals surface area (Å²) in [7, 11) is -1.97. The fourth-order valence-corrected chi connectivity index (χ4v) is 11.8. The van der Waals surface area contributed by atoms with E-state index in [9.17, 15) is 24.3 Å². The number of hydrogen-bond acceptors (Lipinski definition) is 11. The normalized spacial score (nSPS) is 16.6. The largest absolute Gasteiger partial charge is 0.464 e. The second-order valence-corrected chi connectivity index (χ2v) is 20.6. The smallest absolute Gasteiger partial charge is 0.413 e. The second kappa shape index (κ2) is 17.6. The van der Waals surface area contributed by atoms with E-state index in [1.165, 1.54) is 25.9 Å². The molecule has 1 fully saturated rings. The van der Waals surface area contributed by atoms with Gasteiger partial charge < -0.3 is 38.8 Å². The Morgan fingerprint density at radius 2 is 1.47 bits per heavy atom. The van der Waals surface area contributed by atoms with Gasteiger partial charge in [0.15, 0.2) is 5.69 Å². The molecule has 1 aromatic heterocycles. The molecule has 0 saturated carbocycles. The van der Waals surface area contributed by atoms with Crippen LogP contribution in [0.5, 0.6) is 0 Å². The van der Waals surface area contributed by atoms with Crippen LogP contribution in [0.25, 0.3) is 0 Å². The first-order chi connectivity index (χ1) is 27.3. The monoisotopic (exact) mass is 814 g/mol. The molecule has 14 nitrogen and oxygen atoms in total. The van der Waals surface area contributed by atoms with E-state index in [0.29, 0.717) is 0 Å². The third-order valence-electron chi connectivity index (χ3n) is 10.1. The number of carbonyl (C=O) groups excluding carboxylic acids is 4. The average Bonchev–Trinajstić information content (AvgIpc) is 3.73. The number of carbonyl (C=O) groups is 4. The molecule has 310 valence electrons. The Balaban J connectivity index is 1.47. The number of methoxy groups -OCH3 is 1. The number of esters is 1. The maximum Gasteiger partial charge on any atom is 0.413 e. The van der Waals surface area contributed by atoms with Crippen LogP contribution >= 0.6 is 0 Å². The van der Waals surface area contributed by atoms with Crippen molar-refractivity contribution in [3.63, 3.8) is 0 Å². The highest BCUT2D eigenvalue weighted by molar-refractivity contribution is 6.99. The molecule has 58 heavy (non-hydrogen) atoms. The molecule has 3 aromatic carbocycles. The van der Waals surface area contributed by atoms with E-state index in [0.717, 1.165) is 15.9 Å². The minimum atomic E-state index is -3.19. The highest BCUT2D eigenvalue weighted by Gasteiger charge is 2.52. The molecule has 0 bridgehead atoms. The number of benzene rings is 3. The van der Waals surface area contributed by atoms with E-state index in [-0.39, 0.29) is 37.2 Å². The molecule has 5 rings (SSSR count). The number of oxazole rings is 1. The topological polar surface area (TPSA) is 179 Å². The molecule has 4 aromatic rings. The van der Waals surface area contributed by atoms with Gasteiger partial charge in [-0.15, -0.1) is 0 Å². The number of ether oxygens (including phenoxy) is 3. The molecule has 1 saturated heterocycles. The van der Waals surface area contributed by atoms with Crippen molar-refractivity contribution in [3.05, 3.63) is 114 Å². The summed E-state index contributed by atoms with van der Waals surface area (Å²) in [4.78, 5) is 60.2. The van der Waals surface area contributed by atoms with Crippen LogP contribution in [0.1, 0.15) is 82.2 Å². The minimum Gasteiger partial charge on any atom is -0.464 e. The number of nitrogens with one attached hydrogen (secondary N) is 2. The molecular formula is C43H54N4O10Si. The van der Waals surface area contributed by atoms with Crippen LogP contribution in [-0.4, -0.2) is 90.9 Å². The zero-order valence-electron chi connectivity index (χ0n) is 34.5. The lowest BCUT2D eigenvalue weighted by molar-refractivity contribution is -0.137. The Morgan fingerprint density at radius 3 is 1.98 bits per heavy atom. The zero-order valence-corrected chi connectivity index (χ0v) is 35.5. The predicted octanol–water partition coefficient (Wildman–Crippen LogP) is 4.53. The highest BCUT2D eigenvalue weighted by Crippen LogP contribution is 2.37. The minimum absolute atomic E-state index is 0.0371. The summed E-state index contributed by atoms with van der Waals surface area (Å²) in [5, 5.41) is 18.5. The highest BCUT2D eigenvalue weighted by atomic mass is 28.4. The van der Waals surface area contributed by atoms with E-state index in [4.69, 9.17) is 23.1 Å². The van der Waals surface area contributed by atoms with Crippen molar-refractivity contribution < 1.29 is 47.3 Å². The standard InChI is InChI=1S/C43H54N4O10Si/c1-28-34(39(50)53-9)45-38(57-28)32(26-56-58(41(2,3)4,30-21-15-11-16-22-30)31-23-17-12-18-24-31)44-37(49)35(42(5,6)52)46-36(48)33-27-55-43(7,8)47(33)40(51)54-25-29-19-13-10-14-20-29/h10-24,32-33,35,52H,25-27H2,1-9H3,(H,44,49)(H,46,48)/t32-,33-,35+/m0/s1. The Hall–Kier alpha value is -5.35. The Bertz CT molecular complexity index is 2010. The molecule has 0 radical (unpaired) electrons. The van der Waals surface area contributed by atoms with E-state index in [2.05, 4.69) is 36.4 Å². The van der Waals surface area contributed by atoms with Crippen LogP contribution in [0.3, 0.4) is 0 Å². The van der Waals surface area contributed by atoms with E-state index in [1.54, 1.807) is 32.9 Å². The third-order valence-corrected chi connectivity index (χ3v) is 15.1. The maximum atomic E-state index is 14.4. The first kappa shape index (κ1) is 43.8. The summed E-state index contributed by atoms with van der Waals surface area (Å²) in [6, 6.07) is 24.9. The molecule has 3 atom stereocenters. The van der Waals surface area contributed by atoms with Crippen molar-refractivity contribution in [1.29, 1.82) is 0 Å². The molecular weight excluding hydrogens is 761 g/mol. The SMILES string of the molecule is COC(=O)c1nc([C@H](CO[Si](c2ccccc2)(c2ccccc2)C(C)(C)C)NC(=O)[C@@H](NC(=O)[C@@H]2COC(C)(C)N2C(=O)OCc2ccccc2)C(C)(C)O)oc1C. The average molecular weight is 815 g/mol. The summed E-state index contributed by atoms with van der Waals surface area (Å²) in [5.74, 6) is -2.21. The van der Waals surface area contributed by atoms with Crippen molar-refractivity contribution in [1.82, 2.24) is 20.5 Å². The van der Waals surface area contributed by atoms with E-state index in [1.807, 2.05) is 78.9 Å². The summed E-state index contributed by atoms with van der Waals surface area (Å²) >= 11 is 0. The van der Waals surface area contributed by atoms with Crippen molar-refractivity contribution in [3.8, 4) is 0 Å². The van der Waals surface area contributed by atoms with Crippen LogP contribution in [0.4, 0.5) is 4.79 Å². The van der Waals surface area contributed by atoms with Crippen LogP contribution in [-0.2, 0) is 34.8 Å². The maximum absolute atomic E-state index is 14.4. The van der Waals surface area contributed by atoms with Gasteiger partial charge in [-0.05, 0) is 55.6 Å². The van der Waals surface area contributed by atoms with Crippen molar-refractivity contribution in [2.75, 3.05) is 20.3 Å². The van der Waals surface area contributed by atoms with Gasteiger partial charge >= 0.3 is 12.1 Å². The molecule has 15 heteroatoms. The molecule has 1 aliphatic rings. The first-order valence-electron chi connectivity index (χ1n) is 19.1. The van der Waals surface area contributed by atoms with Gasteiger partial charge in [0, 0.05) is 0 Å². The molecule has 0 unspecified atom stereocenters. The van der Waals surface area contributed by atoms with E-state index >= 15 is 0 Å². The second-order valence-electron chi connectivity index (χ2n) is 16.3. The lowest BCUT2D eigenvalue weighted by Gasteiger charge is -2.43. The number of hydrogen-bond donors (Lipinski definition) is 3. The summed E-state index contributed by atoms with van der Waals surface area (Å²) in [6.07, 6.45) is -0.794. The van der Waals surface area contributed by atoms with Gasteiger partial charge in [0.05, 0.1) is 25.9 Å². The summed E-state index contributed by atoms with van der Waals surface area (Å²) in [6.45, 7) is 13.4. The van der Waals surface area contributed by atoms with Gasteiger partial charge in [-0.1, -0.05) is 112 Å². The summed E-state index contributed by atoms with van der Waals surface area (Å²) in [5.41, 5.74) is -2.40. The van der Waals surface area contributed by atoms with Gasteiger partial charge in [0.2, 0.25) is 17.7 Å². The Morgan fingerprint density at radius 1 is 0.914 bits per heavy atom. The number of aliphatic hydroxyl groups is 1. The van der Waals surface area contributed by atoms with Gasteiger partial charge in [0.25, 0.3) is 8.32 Å². The number of amides is 3. The number of rotatable bonds is 14. The van der Waals surface area contributed by atoms with E-state index < -0.39 is 66.7 Å². The zero-order chi connectivity index (χ0) is 42.5. The van der Waals surface area contributed by atoms with Gasteiger partial charge in [0.1, 0.15) is 36.2 Å². The fraction of sp³-hybridized carbons (Fsp3) is 0.419. The molecule has 1 aliphatic heterocycles. The molecule has 3 amide bonds. The van der Waals surface area contributed by atoms with Crippen LogP contribution in [0.15, 0.2) is 95.4 Å². The molecule has 0 spiro atoms. The van der Waals surface area contributed by atoms with Crippen LogP contribution < -0.4 is 21.0 Å². The third kappa shape index (κ3) is 9.50. The number of aryl methyl sites for hydroxylation is 1. The molecule has 3 N–H and O–H groups in total. The number of aromatic nitrogens is 1. The predicted molar refractivity (Wildman–Crippen MR) is 218 cm³/mol. The van der Waals surface area contributed by atoms with Gasteiger partial charge in [-0.3, -0.25) is 14.5 Å².